The number of hydrogen-bond acceptors (Lipinski definition) is 12. The molecular weight excluding hydrogens is 590 g/mol. The van der Waals surface area contributed by atoms with Crippen molar-refractivity contribution in [1.82, 2.24) is 35.6 Å². The van der Waals surface area contributed by atoms with Gasteiger partial charge in [0.15, 0.2) is 0 Å². The van der Waals surface area contributed by atoms with E-state index in [2.05, 4.69) is 31.3 Å². The molecule has 2 aliphatic rings. The topological polar surface area (TPSA) is 263 Å². The average Bonchev–Trinajstić information content (AvgIpc) is 3.42. The molecule has 40 heavy (non-hydrogen) atoms. The third-order valence-electron chi connectivity index (χ3n) is 5.94. The van der Waals surface area contributed by atoms with Crippen molar-refractivity contribution in [3.8, 4) is 0 Å². The van der Waals surface area contributed by atoms with Gasteiger partial charge in [-0.05, 0) is 40.1 Å². The lowest BCUT2D eigenvalue weighted by Crippen LogP contribution is -2.71. The summed E-state index contributed by atoms with van der Waals surface area (Å²) in [5.74, 6) is -2.56. The first kappa shape index (κ1) is 29.4. The van der Waals surface area contributed by atoms with E-state index in [1.165, 1.54) is 11.8 Å². The van der Waals surface area contributed by atoms with Crippen LogP contribution in [0, 0.1) is 0 Å². The van der Waals surface area contributed by atoms with Gasteiger partial charge in [-0.15, -0.1) is 16.9 Å². The van der Waals surface area contributed by atoms with Crippen molar-refractivity contribution >= 4 is 63.7 Å². The predicted molar refractivity (Wildman–Crippen MR) is 141 cm³/mol. The van der Waals surface area contributed by atoms with Crippen molar-refractivity contribution in [3.05, 3.63) is 41.1 Å². The summed E-state index contributed by atoms with van der Waals surface area (Å²) in [5, 5.41) is 27.1. The van der Waals surface area contributed by atoms with Gasteiger partial charge in [0.05, 0.1) is 0 Å². The number of nitrogens with one attached hydrogen (secondary N) is 4. The van der Waals surface area contributed by atoms with Gasteiger partial charge in [0, 0.05) is 23.2 Å². The highest BCUT2D eigenvalue weighted by Gasteiger charge is 2.55. The fourth-order valence-electron chi connectivity index (χ4n) is 4.10. The van der Waals surface area contributed by atoms with E-state index in [4.69, 9.17) is 10.3 Å². The van der Waals surface area contributed by atoms with Gasteiger partial charge in [-0.2, -0.15) is 13.1 Å². The number of nitrogens with zero attached hydrogens (tertiary/aromatic N) is 4. The van der Waals surface area contributed by atoms with Gasteiger partial charge in [-0.25, -0.2) is 9.89 Å². The lowest BCUT2D eigenvalue weighted by Gasteiger charge is -2.50. The molecule has 4 atom stereocenters. The first-order chi connectivity index (χ1) is 19.0. The molecular formula is C20H23N9O8S3. The Morgan fingerprint density at radius 1 is 1.32 bits per heavy atom. The van der Waals surface area contributed by atoms with E-state index in [9.17, 15) is 32.7 Å². The first-order valence-electron chi connectivity index (χ1n) is 11.4. The molecule has 1 aromatic carbocycles. The second kappa shape index (κ2) is 12.3. The molecule has 0 aliphatic carbocycles. The summed E-state index contributed by atoms with van der Waals surface area (Å²) in [4.78, 5) is 49.9. The van der Waals surface area contributed by atoms with Gasteiger partial charge >= 0.3 is 16.3 Å². The molecule has 214 valence electrons. The fourth-order valence-corrected chi connectivity index (χ4v) is 7.02. The zero-order valence-electron chi connectivity index (χ0n) is 20.3. The second-order valence-corrected chi connectivity index (χ2v) is 11.9. The number of benzene rings is 1. The molecule has 4 rings (SSSR count). The van der Waals surface area contributed by atoms with Crippen molar-refractivity contribution in [2.75, 3.05) is 17.6 Å². The second-order valence-electron chi connectivity index (χ2n) is 8.41. The summed E-state index contributed by atoms with van der Waals surface area (Å²) < 4.78 is 33.1. The Labute approximate surface area is 235 Å². The summed E-state index contributed by atoms with van der Waals surface area (Å²) in [6.45, 7) is -0.237. The van der Waals surface area contributed by atoms with Crippen LogP contribution in [-0.2, 0) is 29.5 Å². The number of aromatic amines is 1. The fraction of sp³-hybridized carbons (Fsp3) is 0.350. The number of H-pyrrole nitrogens is 1. The standard InChI is InChI=1S/C20H23N9O8S3/c21-13(9-1-3-10(4-2-9)22-8-30)16(31)24-14-17(32)29-15(19(33)34)11(7-38-18(14)29)12(5-6-23-40(35,36)37)39-20-25-27-28-26-20/h1-4,8,12-14,18,23H,5-7,21H2,(H,22,30)(H,24,31)(H,33,34)(H,35,36,37)(H,25,26,27,28)/t12?,13?,14?,18-/m0/s1. The first-order valence-corrected chi connectivity index (χ1v) is 14.8. The number of nitrogens with two attached hydrogens (primary N) is 1. The number of anilines is 1. The Morgan fingerprint density at radius 3 is 2.65 bits per heavy atom. The molecule has 1 aromatic heterocycles. The largest absolute Gasteiger partial charge is 0.477 e. The van der Waals surface area contributed by atoms with Gasteiger partial charge in [0.2, 0.25) is 17.5 Å². The Balaban J connectivity index is 1.51. The normalized spacial score (nSPS) is 20.2. The summed E-state index contributed by atoms with van der Waals surface area (Å²) in [7, 11) is -4.49. The highest BCUT2D eigenvalue weighted by atomic mass is 32.2. The monoisotopic (exact) mass is 613 g/mol. The molecule has 0 spiro atoms. The van der Waals surface area contributed by atoms with Crippen molar-refractivity contribution in [2.24, 2.45) is 5.73 Å². The van der Waals surface area contributed by atoms with Crippen LogP contribution in [-0.4, -0.2) is 96.8 Å². The molecule has 1 saturated heterocycles. The average molecular weight is 614 g/mol. The maximum Gasteiger partial charge on any atom is 0.352 e. The van der Waals surface area contributed by atoms with Crippen LogP contribution in [0.2, 0.25) is 0 Å². The van der Waals surface area contributed by atoms with Crippen molar-refractivity contribution in [2.45, 2.75) is 34.3 Å². The van der Waals surface area contributed by atoms with Crippen LogP contribution < -0.4 is 21.1 Å². The minimum atomic E-state index is -4.49. The Bertz CT molecular complexity index is 1420. The summed E-state index contributed by atoms with van der Waals surface area (Å²) in [6.07, 6.45) is 0.534. The minimum absolute atomic E-state index is 0.0285. The quantitative estimate of drug-likeness (QED) is 0.0584. The van der Waals surface area contributed by atoms with Crippen molar-refractivity contribution in [3.63, 3.8) is 0 Å². The SMILES string of the molecule is NC(C(=O)NC1C(=O)N2C(C(=O)O)=C(C(CCNS(=O)(=O)O)Sc3nnn[nH]3)CS[C@@H]12)c1ccc(NC=O)cc1. The molecule has 1 fully saturated rings. The van der Waals surface area contributed by atoms with E-state index in [1.807, 2.05) is 4.72 Å². The number of aliphatic carboxylic acids is 1. The van der Waals surface area contributed by atoms with Gasteiger partial charge in [-0.3, -0.25) is 23.8 Å². The molecule has 2 aliphatic heterocycles. The van der Waals surface area contributed by atoms with Crippen LogP contribution in [0.25, 0.3) is 0 Å². The number of rotatable bonds is 13. The highest BCUT2D eigenvalue weighted by Crippen LogP contribution is 2.44. The Morgan fingerprint density at radius 2 is 2.05 bits per heavy atom. The number of thioether (sulfide) groups is 2. The Kier molecular flexibility index (Phi) is 9.05. The van der Waals surface area contributed by atoms with Crippen LogP contribution in [0.15, 0.2) is 40.7 Å². The number of carbonyl (C=O) groups excluding carboxylic acids is 3. The summed E-state index contributed by atoms with van der Waals surface area (Å²) >= 11 is 2.24. The van der Waals surface area contributed by atoms with Crippen molar-refractivity contribution in [1.29, 1.82) is 0 Å². The third-order valence-corrected chi connectivity index (χ3v) is 9.01. The molecule has 3 amide bonds. The smallest absolute Gasteiger partial charge is 0.352 e. The molecule has 3 unspecified atom stereocenters. The van der Waals surface area contributed by atoms with Crippen molar-refractivity contribution < 1.29 is 37.3 Å². The molecule has 20 heteroatoms. The molecule has 0 bridgehead atoms. The molecule has 8 N–H and O–H groups in total. The number of hydrogen-bond donors (Lipinski definition) is 7. The molecule has 0 radical (unpaired) electrons. The molecule has 0 saturated carbocycles. The van der Waals surface area contributed by atoms with Gasteiger partial charge in [0.1, 0.15) is 23.2 Å². The van der Waals surface area contributed by atoms with Crippen LogP contribution in [0.4, 0.5) is 5.69 Å². The number of aromatic nitrogens is 4. The molecule has 2 aromatic rings. The van der Waals surface area contributed by atoms with E-state index < -0.39 is 50.8 Å². The summed E-state index contributed by atoms with van der Waals surface area (Å²) in [5.41, 5.74) is 7.01. The van der Waals surface area contributed by atoms with Gasteiger partial charge in [0.25, 0.3) is 5.91 Å². The third kappa shape index (κ3) is 6.59. The van der Waals surface area contributed by atoms with E-state index in [-0.39, 0.29) is 29.6 Å². The van der Waals surface area contributed by atoms with E-state index in [1.54, 1.807) is 24.3 Å². The number of carbonyl (C=O) groups is 4. The zero-order valence-corrected chi connectivity index (χ0v) is 22.7. The van der Waals surface area contributed by atoms with Gasteiger partial charge < -0.3 is 21.5 Å². The van der Waals surface area contributed by atoms with E-state index in [0.29, 0.717) is 23.2 Å². The minimum Gasteiger partial charge on any atom is -0.477 e. The highest BCUT2D eigenvalue weighted by molar-refractivity contribution is 8.01. The molecule has 3 heterocycles. The van der Waals surface area contributed by atoms with Crippen LogP contribution >= 0.6 is 23.5 Å². The Hall–Kier alpha value is -3.56. The number of carboxylic acids is 1. The lowest BCUT2D eigenvalue weighted by molar-refractivity contribution is -0.150. The van der Waals surface area contributed by atoms with Crippen LogP contribution in [0.5, 0.6) is 0 Å². The molecule has 17 nitrogen and oxygen atoms in total. The number of tetrazole rings is 1. The number of β-lactam (4-membered cyclic amide) rings is 1. The predicted octanol–water partition coefficient (Wildman–Crippen LogP) is -1.55. The van der Waals surface area contributed by atoms with E-state index >= 15 is 0 Å². The number of carboxylic acid groups (broad SMARTS) is 1. The summed E-state index contributed by atoms with van der Waals surface area (Å²) in [6, 6.07) is 4.07. The zero-order chi connectivity index (χ0) is 29.0. The maximum absolute atomic E-state index is 13.1. The van der Waals surface area contributed by atoms with E-state index in [0.717, 1.165) is 16.7 Å². The number of fused-ring (bicyclic) bond motifs is 1. The number of amides is 3. The lowest BCUT2D eigenvalue weighted by atomic mass is 9.99. The van der Waals surface area contributed by atoms with Gasteiger partial charge in [-0.1, -0.05) is 23.9 Å². The maximum atomic E-state index is 13.1. The van der Waals surface area contributed by atoms with Crippen LogP contribution in [0.3, 0.4) is 0 Å². The van der Waals surface area contributed by atoms with Crippen LogP contribution in [0.1, 0.15) is 18.0 Å².